The Kier molecular flexibility index (Phi) is 1.52. The Hall–Kier alpha value is 0.270. The van der Waals surface area contributed by atoms with E-state index in [-0.39, 0.29) is 0 Å². The molecule has 1 aliphatic rings. The van der Waals surface area contributed by atoms with Crippen LogP contribution in [0.25, 0.3) is 0 Å². The summed E-state index contributed by atoms with van der Waals surface area (Å²) in [6.07, 6.45) is 1.34. The molecule has 0 aromatic heterocycles. The van der Waals surface area contributed by atoms with Gasteiger partial charge >= 0.3 is 0 Å². The summed E-state index contributed by atoms with van der Waals surface area (Å²) in [5, 5.41) is 5.95. The highest BCUT2D eigenvalue weighted by Crippen LogP contribution is 2.50. The van der Waals surface area contributed by atoms with Crippen molar-refractivity contribution in [3.05, 3.63) is 0 Å². The summed E-state index contributed by atoms with van der Waals surface area (Å²) in [4.78, 5) is 0. The standard InChI is InChI=1S/C5H14N2S/c1-7(2)8(6)4-3-5-8/h3-6H2,1-2H3. The van der Waals surface area contributed by atoms with Gasteiger partial charge in [0.15, 0.2) is 0 Å². The lowest BCUT2D eigenvalue weighted by molar-refractivity contribution is 0.656. The van der Waals surface area contributed by atoms with Crippen molar-refractivity contribution in [2.75, 3.05) is 25.6 Å². The van der Waals surface area contributed by atoms with E-state index in [1.165, 1.54) is 17.9 Å². The van der Waals surface area contributed by atoms with E-state index >= 15 is 0 Å². The summed E-state index contributed by atoms with van der Waals surface area (Å²) in [5.41, 5.74) is 0. The van der Waals surface area contributed by atoms with E-state index in [4.69, 9.17) is 5.14 Å². The molecular formula is C5H14N2S. The molecule has 0 amide bonds. The molecule has 0 spiro atoms. The topological polar surface area (TPSA) is 29.3 Å². The van der Waals surface area contributed by atoms with Gasteiger partial charge in [0.25, 0.3) is 0 Å². The van der Waals surface area contributed by atoms with Crippen LogP contribution in [0, 0.1) is 0 Å². The van der Waals surface area contributed by atoms with Crippen molar-refractivity contribution in [3.63, 3.8) is 0 Å². The van der Waals surface area contributed by atoms with Crippen LogP contribution in [-0.2, 0) is 0 Å². The Bertz CT molecular complexity index is 88.4. The van der Waals surface area contributed by atoms with Gasteiger partial charge in [-0.2, -0.15) is 0 Å². The summed E-state index contributed by atoms with van der Waals surface area (Å²) in [6, 6.07) is 0. The summed E-state index contributed by atoms with van der Waals surface area (Å²) in [6.45, 7) is 0. The van der Waals surface area contributed by atoms with Gasteiger partial charge in [0.2, 0.25) is 0 Å². The Labute approximate surface area is 52.6 Å². The van der Waals surface area contributed by atoms with Crippen LogP contribution in [0.5, 0.6) is 0 Å². The molecule has 50 valence electrons. The second kappa shape index (κ2) is 1.90. The third-order valence-corrected chi connectivity index (χ3v) is 5.17. The molecule has 1 saturated heterocycles. The fraction of sp³-hybridized carbons (Fsp3) is 1.00. The molecule has 0 unspecified atom stereocenters. The molecule has 1 fully saturated rings. The quantitative estimate of drug-likeness (QED) is 0.567. The lowest BCUT2D eigenvalue weighted by Gasteiger charge is -2.49. The Balaban J connectivity index is 2.41. The Morgan fingerprint density at radius 3 is 1.88 bits per heavy atom. The first kappa shape index (κ1) is 6.39. The van der Waals surface area contributed by atoms with E-state index in [2.05, 4.69) is 18.4 Å². The van der Waals surface area contributed by atoms with Crippen LogP contribution in [0.3, 0.4) is 0 Å². The van der Waals surface area contributed by atoms with Crippen LogP contribution in [-0.4, -0.2) is 29.9 Å². The van der Waals surface area contributed by atoms with Crippen molar-refractivity contribution < 1.29 is 0 Å². The molecule has 0 aliphatic carbocycles. The maximum absolute atomic E-state index is 5.95. The molecule has 0 atom stereocenters. The van der Waals surface area contributed by atoms with Gasteiger partial charge in [-0.15, -0.1) is 10.4 Å². The van der Waals surface area contributed by atoms with Gasteiger partial charge < -0.3 is 0 Å². The minimum atomic E-state index is -0.722. The lowest BCUT2D eigenvalue weighted by Crippen LogP contribution is -2.39. The zero-order chi connectivity index (χ0) is 6.20. The molecule has 2 N–H and O–H groups in total. The first-order valence-corrected chi connectivity index (χ1v) is 4.88. The van der Waals surface area contributed by atoms with Crippen molar-refractivity contribution >= 4 is 10.4 Å². The van der Waals surface area contributed by atoms with Crippen LogP contribution < -0.4 is 5.14 Å². The van der Waals surface area contributed by atoms with Crippen molar-refractivity contribution in [2.24, 2.45) is 5.14 Å². The lowest BCUT2D eigenvalue weighted by atomic mass is 10.5. The van der Waals surface area contributed by atoms with Gasteiger partial charge in [-0.05, 0) is 20.5 Å². The molecule has 1 rings (SSSR count). The fourth-order valence-corrected chi connectivity index (χ4v) is 2.42. The molecule has 1 heterocycles. The van der Waals surface area contributed by atoms with Crippen molar-refractivity contribution in [3.8, 4) is 0 Å². The second-order valence-corrected chi connectivity index (χ2v) is 5.82. The average Bonchev–Trinajstić information content (AvgIpc) is 1.60. The van der Waals surface area contributed by atoms with Gasteiger partial charge in [-0.1, -0.05) is 0 Å². The minimum Gasteiger partial charge on any atom is -0.283 e. The molecule has 8 heavy (non-hydrogen) atoms. The molecule has 0 aromatic carbocycles. The normalized spacial score (nSPS) is 29.5. The second-order valence-electron chi connectivity index (χ2n) is 2.48. The third kappa shape index (κ3) is 0.855. The van der Waals surface area contributed by atoms with E-state index in [0.717, 1.165) is 0 Å². The largest absolute Gasteiger partial charge is 0.283 e. The van der Waals surface area contributed by atoms with Crippen molar-refractivity contribution in [1.29, 1.82) is 0 Å². The number of hydrogen-bond donors (Lipinski definition) is 1. The SMILES string of the molecule is CN(C)S1(N)CCC1. The first-order valence-electron chi connectivity index (χ1n) is 2.89. The zero-order valence-corrected chi connectivity index (χ0v) is 6.37. The molecule has 3 heteroatoms. The summed E-state index contributed by atoms with van der Waals surface area (Å²) in [7, 11) is 3.43. The van der Waals surface area contributed by atoms with Crippen molar-refractivity contribution in [2.45, 2.75) is 6.42 Å². The van der Waals surface area contributed by atoms with Gasteiger partial charge in [-0.25, -0.2) is 0 Å². The van der Waals surface area contributed by atoms with Gasteiger partial charge in [-0.3, -0.25) is 9.44 Å². The number of nitrogens with two attached hydrogens (primary N) is 1. The summed E-state index contributed by atoms with van der Waals surface area (Å²) < 4.78 is 2.19. The van der Waals surface area contributed by atoms with Crippen LogP contribution in [0.15, 0.2) is 0 Å². The van der Waals surface area contributed by atoms with Gasteiger partial charge in [0.1, 0.15) is 0 Å². The highest BCUT2D eigenvalue weighted by Gasteiger charge is 2.28. The first-order chi connectivity index (χ1) is 3.65. The van der Waals surface area contributed by atoms with Crippen molar-refractivity contribution in [1.82, 2.24) is 4.31 Å². The van der Waals surface area contributed by atoms with E-state index in [1.54, 1.807) is 0 Å². The van der Waals surface area contributed by atoms with E-state index < -0.39 is 10.4 Å². The van der Waals surface area contributed by atoms with Gasteiger partial charge in [0, 0.05) is 11.5 Å². The molecule has 0 saturated carbocycles. The summed E-state index contributed by atoms with van der Waals surface area (Å²) in [5.74, 6) is 2.50. The monoisotopic (exact) mass is 134 g/mol. The summed E-state index contributed by atoms with van der Waals surface area (Å²) >= 11 is 0. The highest BCUT2D eigenvalue weighted by molar-refractivity contribution is 8.31. The molecular weight excluding hydrogens is 120 g/mol. The minimum absolute atomic E-state index is 0.722. The van der Waals surface area contributed by atoms with E-state index in [9.17, 15) is 0 Å². The maximum atomic E-state index is 5.95. The average molecular weight is 134 g/mol. The third-order valence-electron chi connectivity index (χ3n) is 1.72. The number of hydrogen-bond acceptors (Lipinski definition) is 2. The predicted octanol–water partition coefficient (Wildman–Crippen LogP) is 0.545. The molecule has 0 aromatic rings. The van der Waals surface area contributed by atoms with Crippen LogP contribution in [0.2, 0.25) is 0 Å². The smallest absolute Gasteiger partial charge is 0.00213 e. The van der Waals surface area contributed by atoms with Crippen LogP contribution >= 0.6 is 10.4 Å². The maximum Gasteiger partial charge on any atom is 0.00213 e. The van der Waals surface area contributed by atoms with Crippen LogP contribution in [0.4, 0.5) is 0 Å². The van der Waals surface area contributed by atoms with Gasteiger partial charge in [0.05, 0.1) is 0 Å². The Morgan fingerprint density at radius 2 is 1.88 bits per heavy atom. The molecule has 0 radical (unpaired) electrons. The number of nitrogens with zero attached hydrogens (tertiary/aromatic N) is 1. The molecule has 1 aliphatic heterocycles. The molecule has 2 nitrogen and oxygen atoms in total. The highest BCUT2D eigenvalue weighted by atomic mass is 32.3. The predicted molar refractivity (Wildman–Crippen MR) is 39.8 cm³/mol. The van der Waals surface area contributed by atoms with Crippen LogP contribution in [0.1, 0.15) is 6.42 Å². The fourth-order valence-electron chi connectivity index (χ4n) is 0.805. The van der Waals surface area contributed by atoms with E-state index in [1.807, 2.05) is 0 Å². The van der Waals surface area contributed by atoms with E-state index in [0.29, 0.717) is 0 Å². The zero-order valence-electron chi connectivity index (χ0n) is 5.55. The number of rotatable bonds is 1. The Morgan fingerprint density at radius 1 is 1.38 bits per heavy atom. The molecule has 0 bridgehead atoms.